The van der Waals surface area contributed by atoms with Gasteiger partial charge in [0.05, 0.1) is 5.60 Å². The van der Waals surface area contributed by atoms with E-state index in [1.54, 1.807) is 30.1 Å². The highest BCUT2D eigenvalue weighted by atomic mass is 16.5. The molecular formula is C19H26N2O5. The van der Waals surface area contributed by atoms with E-state index in [-0.39, 0.29) is 24.5 Å². The average molecular weight is 362 g/mol. The van der Waals surface area contributed by atoms with Gasteiger partial charge in [0.25, 0.3) is 5.91 Å². The Bertz CT molecular complexity index is 708. The molecule has 0 aliphatic carbocycles. The fourth-order valence-electron chi connectivity index (χ4n) is 2.78. The first-order valence-corrected chi connectivity index (χ1v) is 8.65. The fraction of sp³-hybridized carbons (Fsp3) is 0.526. The standard InChI is InChI=1S/C19H26N2O5/c1-19(2,3)26-10-9-14(18(24)25)20-17(23)13-5-7-15-12(11-13)6-8-16(22)21(15)4/h5,7,11,14H,6,8-10H2,1-4H3,(H,20,23)(H,24,25). The largest absolute Gasteiger partial charge is 0.480 e. The number of rotatable bonds is 6. The third-order valence-electron chi connectivity index (χ3n) is 4.23. The number of hydrogen-bond donors (Lipinski definition) is 2. The van der Waals surface area contributed by atoms with Gasteiger partial charge in [0, 0.05) is 37.7 Å². The Morgan fingerprint density at radius 1 is 1.31 bits per heavy atom. The summed E-state index contributed by atoms with van der Waals surface area (Å²) in [5.41, 5.74) is 1.71. The number of aliphatic carboxylic acids is 1. The molecule has 1 atom stereocenters. The number of fused-ring (bicyclic) bond motifs is 1. The molecule has 7 heteroatoms. The van der Waals surface area contributed by atoms with Crippen LogP contribution in [0.15, 0.2) is 18.2 Å². The Hall–Kier alpha value is -2.41. The lowest BCUT2D eigenvalue weighted by Crippen LogP contribution is -2.42. The average Bonchev–Trinajstić information content (AvgIpc) is 2.55. The number of anilines is 1. The first-order chi connectivity index (χ1) is 12.1. The Morgan fingerprint density at radius 3 is 2.62 bits per heavy atom. The van der Waals surface area contributed by atoms with Gasteiger partial charge in [-0.25, -0.2) is 4.79 Å². The molecule has 142 valence electrons. The number of carboxylic acids is 1. The number of carbonyl (C=O) groups excluding carboxylic acids is 2. The second-order valence-corrected chi connectivity index (χ2v) is 7.41. The smallest absolute Gasteiger partial charge is 0.326 e. The maximum Gasteiger partial charge on any atom is 0.326 e. The van der Waals surface area contributed by atoms with Crippen LogP contribution >= 0.6 is 0 Å². The topological polar surface area (TPSA) is 95.9 Å². The molecule has 0 aromatic heterocycles. The summed E-state index contributed by atoms with van der Waals surface area (Å²) in [5.74, 6) is -1.51. The van der Waals surface area contributed by atoms with Crippen LogP contribution in [0.1, 0.15) is 49.5 Å². The molecule has 1 unspecified atom stereocenters. The summed E-state index contributed by atoms with van der Waals surface area (Å²) in [6.07, 6.45) is 1.15. The van der Waals surface area contributed by atoms with Crippen molar-refractivity contribution in [2.45, 2.75) is 51.7 Å². The van der Waals surface area contributed by atoms with Crippen molar-refractivity contribution in [2.75, 3.05) is 18.6 Å². The van der Waals surface area contributed by atoms with Crippen molar-refractivity contribution >= 4 is 23.5 Å². The molecule has 7 nitrogen and oxygen atoms in total. The second kappa shape index (κ2) is 7.86. The molecule has 0 saturated heterocycles. The zero-order chi connectivity index (χ0) is 19.5. The molecule has 1 aliphatic rings. The van der Waals surface area contributed by atoms with Crippen molar-refractivity contribution in [1.29, 1.82) is 0 Å². The summed E-state index contributed by atoms with van der Waals surface area (Å²) >= 11 is 0. The number of carboxylic acid groups (broad SMARTS) is 1. The maximum atomic E-state index is 12.5. The summed E-state index contributed by atoms with van der Waals surface area (Å²) in [7, 11) is 1.70. The third-order valence-corrected chi connectivity index (χ3v) is 4.23. The second-order valence-electron chi connectivity index (χ2n) is 7.41. The third kappa shape index (κ3) is 5.05. The molecule has 2 rings (SSSR count). The van der Waals surface area contributed by atoms with Crippen LogP contribution in [0.5, 0.6) is 0 Å². The van der Waals surface area contributed by atoms with Crippen LogP contribution in [-0.4, -0.2) is 48.2 Å². The van der Waals surface area contributed by atoms with Gasteiger partial charge in [-0.05, 0) is 51.0 Å². The van der Waals surface area contributed by atoms with Crippen molar-refractivity contribution in [1.82, 2.24) is 5.32 Å². The van der Waals surface area contributed by atoms with Crippen LogP contribution < -0.4 is 10.2 Å². The number of ether oxygens (including phenoxy) is 1. The van der Waals surface area contributed by atoms with Gasteiger partial charge in [-0.15, -0.1) is 0 Å². The highest BCUT2D eigenvalue weighted by molar-refractivity contribution is 5.99. The van der Waals surface area contributed by atoms with Gasteiger partial charge in [-0.3, -0.25) is 9.59 Å². The lowest BCUT2D eigenvalue weighted by molar-refractivity contribution is -0.140. The lowest BCUT2D eigenvalue weighted by Gasteiger charge is -2.26. The molecule has 0 bridgehead atoms. The molecule has 0 fully saturated rings. The summed E-state index contributed by atoms with van der Waals surface area (Å²) in [4.78, 5) is 37.2. The van der Waals surface area contributed by atoms with Crippen LogP contribution in [0, 0.1) is 0 Å². The summed E-state index contributed by atoms with van der Waals surface area (Å²) < 4.78 is 5.54. The van der Waals surface area contributed by atoms with E-state index in [0.29, 0.717) is 18.4 Å². The summed E-state index contributed by atoms with van der Waals surface area (Å²) in [6, 6.07) is 4.02. The van der Waals surface area contributed by atoms with E-state index >= 15 is 0 Å². The Morgan fingerprint density at radius 2 is 2.00 bits per heavy atom. The van der Waals surface area contributed by atoms with E-state index in [2.05, 4.69) is 5.32 Å². The first kappa shape index (κ1) is 19.9. The van der Waals surface area contributed by atoms with Crippen LogP contribution in [-0.2, 0) is 20.7 Å². The molecule has 26 heavy (non-hydrogen) atoms. The number of hydrogen-bond acceptors (Lipinski definition) is 4. The highest BCUT2D eigenvalue weighted by Crippen LogP contribution is 2.27. The zero-order valence-corrected chi connectivity index (χ0v) is 15.7. The molecule has 1 aliphatic heterocycles. The molecule has 1 aromatic carbocycles. The van der Waals surface area contributed by atoms with Crippen molar-refractivity contribution in [3.63, 3.8) is 0 Å². The molecule has 0 spiro atoms. The van der Waals surface area contributed by atoms with Gasteiger partial charge in [0.2, 0.25) is 5.91 Å². The first-order valence-electron chi connectivity index (χ1n) is 8.65. The Balaban J connectivity index is 2.05. The Kier molecular flexibility index (Phi) is 6.02. The minimum absolute atomic E-state index is 0.0412. The van der Waals surface area contributed by atoms with Gasteiger partial charge in [-0.1, -0.05) is 0 Å². The molecule has 0 saturated carbocycles. The fourth-order valence-corrected chi connectivity index (χ4v) is 2.78. The Labute approximate surface area is 153 Å². The number of nitrogens with one attached hydrogen (secondary N) is 1. The van der Waals surface area contributed by atoms with E-state index < -0.39 is 17.9 Å². The van der Waals surface area contributed by atoms with Gasteiger partial charge in [0.1, 0.15) is 6.04 Å². The van der Waals surface area contributed by atoms with Gasteiger partial charge in [0.15, 0.2) is 0 Å². The van der Waals surface area contributed by atoms with Crippen LogP contribution in [0.4, 0.5) is 5.69 Å². The monoisotopic (exact) mass is 362 g/mol. The van der Waals surface area contributed by atoms with E-state index in [4.69, 9.17) is 4.74 Å². The molecule has 1 heterocycles. The predicted molar refractivity (Wildman–Crippen MR) is 97.4 cm³/mol. The lowest BCUT2D eigenvalue weighted by atomic mass is 9.98. The minimum atomic E-state index is -1.10. The number of aryl methyl sites for hydroxylation is 1. The van der Waals surface area contributed by atoms with Crippen LogP contribution in [0.3, 0.4) is 0 Å². The van der Waals surface area contributed by atoms with Gasteiger partial charge < -0.3 is 20.1 Å². The van der Waals surface area contributed by atoms with Gasteiger partial charge in [-0.2, -0.15) is 0 Å². The van der Waals surface area contributed by atoms with Crippen molar-refractivity contribution in [3.05, 3.63) is 29.3 Å². The highest BCUT2D eigenvalue weighted by Gasteiger charge is 2.24. The molecule has 1 aromatic rings. The molecule has 0 radical (unpaired) electrons. The number of carbonyl (C=O) groups is 3. The summed E-state index contributed by atoms with van der Waals surface area (Å²) in [5, 5.41) is 11.9. The van der Waals surface area contributed by atoms with E-state index in [1.807, 2.05) is 20.8 Å². The predicted octanol–water partition coefficient (Wildman–Crippen LogP) is 1.98. The number of benzene rings is 1. The van der Waals surface area contributed by atoms with Crippen molar-refractivity contribution in [3.8, 4) is 0 Å². The van der Waals surface area contributed by atoms with Gasteiger partial charge >= 0.3 is 5.97 Å². The van der Waals surface area contributed by atoms with Crippen LogP contribution in [0.25, 0.3) is 0 Å². The van der Waals surface area contributed by atoms with E-state index in [9.17, 15) is 19.5 Å². The summed E-state index contributed by atoms with van der Waals surface area (Å²) in [6.45, 7) is 5.89. The number of nitrogens with zero attached hydrogens (tertiary/aromatic N) is 1. The normalized spacial score (nSPS) is 15.4. The zero-order valence-electron chi connectivity index (χ0n) is 15.7. The minimum Gasteiger partial charge on any atom is -0.480 e. The van der Waals surface area contributed by atoms with Crippen LogP contribution in [0.2, 0.25) is 0 Å². The SMILES string of the molecule is CN1C(=O)CCc2cc(C(=O)NC(CCOC(C)(C)C)C(=O)O)ccc21. The quantitative estimate of drug-likeness (QED) is 0.807. The van der Waals surface area contributed by atoms with E-state index in [1.165, 1.54) is 0 Å². The maximum absolute atomic E-state index is 12.5. The van der Waals surface area contributed by atoms with Crippen molar-refractivity contribution in [2.24, 2.45) is 0 Å². The number of amides is 2. The molecule has 2 N–H and O–H groups in total. The van der Waals surface area contributed by atoms with Crippen molar-refractivity contribution < 1.29 is 24.2 Å². The molecule has 2 amide bonds. The van der Waals surface area contributed by atoms with E-state index in [0.717, 1.165) is 11.3 Å². The molecular weight excluding hydrogens is 336 g/mol.